The fourth-order valence-electron chi connectivity index (χ4n) is 4.22. The first-order valence-corrected chi connectivity index (χ1v) is 9.30. The molecule has 0 unspecified atom stereocenters. The summed E-state index contributed by atoms with van der Waals surface area (Å²) in [7, 11) is 0. The van der Waals surface area contributed by atoms with Gasteiger partial charge in [0.15, 0.2) is 0 Å². The molecule has 6 heteroatoms. The second-order valence-electron chi connectivity index (χ2n) is 7.26. The summed E-state index contributed by atoms with van der Waals surface area (Å²) >= 11 is 0. The van der Waals surface area contributed by atoms with Gasteiger partial charge in [-0.15, -0.1) is 0 Å². The lowest BCUT2D eigenvalue weighted by molar-refractivity contribution is -0.128. The van der Waals surface area contributed by atoms with Gasteiger partial charge in [-0.2, -0.15) is 0 Å². The van der Waals surface area contributed by atoms with Crippen molar-refractivity contribution in [2.24, 2.45) is 5.92 Å². The van der Waals surface area contributed by atoms with Gasteiger partial charge in [0.05, 0.1) is 6.54 Å². The lowest BCUT2D eigenvalue weighted by Crippen LogP contribution is -2.43. The van der Waals surface area contributed by atoms with Crippen LogP contribution in [-0.4, -0.2) is 75.5 Å². The topological polar surface area (TPSA) is 44.6 Å². The van der Waals surface area contributed by atoms with Gasteiger partial charge in [0.1, 0.15) is 5.82 Å². The Balaban J connectivity index is 1.58. The molecule has 0 aliphatic carbocycles. The van der Waals surface area contributed by atoms with Crippen LogP contribution in [0.15, 0.2) is 12.4 Å². The standard InChI is InChI=1S/C18H31N5O/c1-4-21-9-6-19-18(21)14-20-12-15(2)17(13-20)23-8-5-7-22(10-11-23)16(3)24/h6,9,15,17H,4-5,7-8,10-14H2,1-3H3/t15-,17-/m0/s1. The third-order valence-corrected chi connectivity index (χ3v) is 5.60. The Morgan fingerprint density at radius 2 is 2.08 bits per heavy atom. The molecule has 2 atom stereocenters. The molecule has 2 aliphatic rings. The van der Waals surface area contributed by atoms with E-state index in [1.54, 1.807) is 6.92 Å². The average molecular weight is 333 g/mol. The van der Waals surface area contributed by atoms with Crippen molar-refractivity contribution in [3.63, 3.8) is 0 Å². The Bertz CT molecular complexity index is 557. The van der Waals surface area contributed by atoms with Crippen LogP contribution in [-0.2, 0) is 17.9 Å². The highest BCUT2D eigenvalue weighted by Crippen LogP contribution is 2.24. The van der Waals surface area contributed by atoms with Crippen LogP contribution in [0.25, 0.3) is 0 Å². The lowest BCUT2D eigenvalue weighted by Gasteiger charge is -2.30. The number of hydrogen-bond donors (Lipinski definition) is 0. The predicted molar refractivity (Wildman–Crippen MR) is 94.6 cm³/mol. The molecule has 0 spiro atoms. The number of carbonyl (C=O) groups excluding carboxylic acids is 1. The summed E-state index contributed by atoms with van der Waals surface area (Å²) < 4.78 is 2.23. The highest BCUT2D eigenvalue weighted by Gasteiger charge is 2.35. The maximum atomic E-state index is 11.6. The van der Waals surface area contributed by atoms with Crippen LogP contribution in [0.1, 0.15) is 33.0 Å². The molecule has 0 N–H and O–H groups in total. The van der Waals surface area contributed by atoms with Gasteiger partial charge in [0.2, 0.25) is 5.91 Å². The maximum absolute atomic E-state index is 11.6. The van der Waals surface area contributed by atoms with Gasteiger partial charge >= 0.3 is 0 Å². The number of aryl methyl sites for hydroxylation is 1. The summed E-state index contributed by atoms with van der Waals surface area (Å²) in [5, 5.41) is 0. The third-order valence-electron chi connectivity index (χ3n) is 5.60. The Labute approximate surface area is 145 Å². The van der Waals surface area contributed by atoms with Gasteiger partial charge in [-0.05, 0) is 19.3 Å². The van der Waals surface area contributed by atoms with Crippen molar-refractivity contribution in [2.45, 2.75) is 46.3 Å². The fraction of sp³-hybridized carbons (Fsp3) is 0.778. The molecular formula is C18H31N5O. The van der Waals surface area contributed by atoms with Crippen LogP contribution in [0.3, 0.4) is 0 Å². The van der Waals surface area contributed by atoms with Crippen molar-refractivity contribution in [3.8, 4) is 0 Å². The van der Waals surface area contributed by atoms with Crippen molar-refractivity contribution < 1.29 is 4.79 Å². The number of amides is 1. The van der Waals surface area contributed by atoms with Gasteiger partial charge in [0.25, 0.3) is 0 Å². The molecule has 1 aromatic rings. The number of likely N-dealkylation sites (tertiary alicyclic amines) is 1. The number of imidazole rings is 1. The van der Waals surface area contributed by atoms with Crippen molar-refractivity contribution in [1.82, 2.24) is 24.3 Å². The molecule has 2 fully saturated rings. The third kappa shape index (κ3) is 3.81. The number of carbonyl (C=O) groups is 1. The van der Waals surface area contributed by atoms with E-state index in [0.717, 1.165) is 58.8 Å². The molecule has 1 amide bonds. The van der Waals surface area contributed by atoms with E-state index < -0.39 is 0 Å². The quantitative estimate of drug-likeness (QED) is 0.833. The van der Waals surface area contributed by atoms with Crippen LogP contribution < -0.4 is 0 Å². The lowest BCUT2D eigenvalue weighted by atomic mass is 10.0. The SMILES string of the molecule is CCn1ccnc1CN1C[C@H](C)[C@@H](N2CCCN(C(C)=O)CC2)C1. The molecule has 3 heterocycles. The van der Waals surface area contributed by atoms with E-state index in [4.69, 9.17) is 0 Å². The number of rotatable bonds is 4. The Hall–Kier alpha value is -1.40. The number of aromatic nitrogens is 2. The molecule has 0 aromatic carbocycles. The zero-order chi connectivity index (χ0) is 17.1. The van der Waals surface area contributed by atoms with E-state index >= 15 is 0 Å². The molecule has 24 heavy (non-hydrogen) atoms. The van der Waals surface area contributed by atoms with Gasteiger partial charge < -0.3 is 9.47 Å². The molecule has 0 bridgehead atoms. The van der Waals surface area contributed by atoms with Gasteiger partial charge in [0, 0.05) is 71.2 Å². The summed E-state index contributed by atoms with van der Waals surface area (Å²) in [5.41, 5.74) is 0. The Morgan fingerprint density at radius 3 is 2.83 bits per heavy atom. The molecule has 0 radical (unpaired) electrons. The second kappa shape index (κ2) is 7.66. The summed E-state index contributed by atoms with van der Waals surface area (Å²) in [6.45, 7) is 14.3. The number of hydrogen-bond acceptors (Lipinski definition) is 4. The smallest absolute Gasteiger partial charge is 0.219 e. The summed E-state index contributed by atoms with van der Waals surface area (Å²) in [4.78, 5) is 23.3. The highest BCUT2D eigenvalue weighted by atomic mass is 16.2. The minimum atomic E-state index is 0.212. The molecule has 1 aromatic heterocycles. The summed E-state index contributed by atoms with van der Waals surface area (Å²) in [6, 6.07) is 0.599. The van der Waals surface area contributed by atoms with Crippen LogP contribution in [0, 0.1) is 5.92 Å². The first-order valence-electron chi connectivity index (χ1n) is 9.30. The molecule has 0 saturated carbocycles. The number of nitrogens with zero attached hydrogens (tertiary/aromatic N) is 5. The molecule has 2 saturated heterocycles. The molecule has 3 rings (SSSR count). The minimum absolute atomic E-state index is 0.212. The summed E-state index contributed by atoms with van der Waals surface area (Å²) in [5.74, 6) is 2.05. The maximum Gasteiger partial charge on any atom is 0.219 e. The monoisotopic (exact) mass is 333 g/mol. The van der Waals surface area contributed by atoms with Crippen molar-refractivity contribution in [1.29, 1.82) is 0 Å². The molecule has 2 aliphatic heterocycles. The van der Waals surface area contributed by atoms with Gasteiger partial charge in [-0.25, -0.2) is 4.98 Å². The normalized spacial score (nSPS) is 26.7. The van der Waals surface area contributed by atoms with E-state index in [9.17, 15) is 4.79 Å². The average Bonchev–Trinajstić information content (AvgIpc) is 3.05. The predicted octanol–water partition coefficient (Wildman–Crippen LogP) is 1.28. The van der Waals surface area contributed by atoms with Crippen molar-refractivity contribution in [2.75, 3.05) is 39.3 Å². The minimum Gasteiger partial charge on any atom is -0.342 e. The molecule has 134 valence electrons. The van der Waals surface area contributed by atoms with Crippen molar-refractivity contribution >= 4 is 5.91 Å². The fourth-order valence-corrected chi connectivity index (χ4v) is 4.22. The van der Waals surface area contributed by atoms with Crippen LogP contribution in [0.2, 0.25) is 0 Å². The molecular weight excluding hydrogens is 302 g/mol. The van der Waals surface area contributed by atoms with Gasteiger partial charge in [-0.3, -0.25) is 14.6 Å². The highest BCUT2D eigenvalue weighted by molar-refractivity contribution is 5.73. The van der Waals surface area contributed by atoms with Crippen molar-refractivity contribution in [3.05, 3.63) is 18.2 Å². The van der Waals surface area contributed by atoms with Crippen LogP contribution >= 0.6 is 0 Å². The van der Waals surface area contributed by atoms with E-state index in [1.807, 2.05) is 11.1 Å². The molecule has 6 nitrogen and oxygen atoms in total. The van der Waals surface area contributed by atoms with Crippen LogP contribution in [0.5, 0.6) is 0 Å². The van der Waals surface area contributed by atoms with Crippen LogP contribution in [0.4, 0.5) is 0 Å². The second-order valence-corrected chi connectivity index (χ2v) is 7.26. The van der Waals surface area contributed by atoms with E-state index in [-0.39, 0.29) is 5.91 Å². The van der Waals surface area contributed by atoms with E-state index in [1.165, 1.54) is 5.82 Å². The Kier molecular flexibility index (Phi) is 5.56. The first-order chi connectivity index (χ1) is 11.6. The van der Waals surface area contributed by atoms with E-state index in [2.05, 4.69) is 39.4 Å². The zero-order valence-corrected chi connectivity index (χ0v) is 15.3. The largest absolute Gasteiger partial charge is 0.342 e. The van der Waals surface area contributed by atoms with Gasteiger partial charge in [-0.1, -0.05) is 6.92 Å². The van der Waals surface area contributed by atoms with E-state index in [0.29, 0.717) is 12.0 Å². The summed E-state index contributed by atoms with van der Waals surface area (Å²) in [6.07, 6.45) is 5.06. The first kappa shape index (κ1) is 17.4. The zero-order valence-electron chi connectivity index (χ0n) is 15.3. The Morgan fingerprint density at radius 1 is 1.25 bits per heavy atom.